The maximum Gasteiger partial charge on any atom is 0.317 e. The van der Waals surface area contributed by atoms with Gasteiger partial charge >= 0.3 is 6.72 Å². The Bertz CT molecular complexity index is 215. The lowest BCUT2D eigenvalue weighted by molar-refractivity contribution is 0.256. The average Bonchev–Trinajstić information content (AvgIpc) is 2.05. The first kappa shape index (κ1) is 10.8. The van der Waals surface area contributed by atoms with Crippen LogP contribution in [0.1, 0.15) is 6.92 Å². The van der Waals surface area contributed by atoms with Gasteiger partial charge in [-0.3, -0.25) is 0 Å². The van der Waals surface area contributed by atoms with Crippen molar-refractivity contribution >= 4 is 26.8 Å². The SMILES string of the molecule is C[C@@H]1CO[P@](=S)(O[Si](C)(C)C)O1. The van der Waals surface area contributed by atoms with Gasteiger partial charge in [0.25, 0.3) is 0 Å². The first-order valence-corrected chi connectivity index (χ1v) is 9.91. The maximum atomic E-state index is 5.68. The molecule has 0 spiro atoms. The van der Waals surface area contributed by atoms with E-state index < -0.39 is 15.0 Å². The monoisotopic (exact) mass is 226 g/mol. The zero-order valence-electron chi connectivity index (χ0n) is 7.86. The Morgan fingerprint density at radius 2 is 2.08 bits per heavy atom. The lowest BCUT2D eigenvalue weighted by Gasteiger charge is -2.23. The lowest BCUT2D eigenvalue weighted by atomic mass is 10.5. The molecule has 1 heterocycles. The topological polar surface area (TPSA) is 27.7 Å². The third-order valence-corrected chi connectivity index (χ3v) is 6.58. The van der Waals surface area contributed by atoms with Gasteiger partial charge in [-0.05, 0) is 38.4 Å². The summed E-state index contributed by atoms with van der Waals surface area (Å²) in [5.41, 5.74) is 0. The standard InChI is InChI=1S/C6H15O3PSSi/c1-6-5-7-10(11,8-6)9-12(2,3)4/h6H,5H2,1-4H3/t6-,10-/m1/s1. The van der Waals surface area contributed by atoms with Crippen molar-refractivity contribution in [3.05, 3.63) is 0 Å². The first-order chi connectivity index (χ1) is 5.31. The van der Waals surface area contributed by atoms with Crippen LogP contribution in [-0.4, -0.2) is 21.0 Å². The summed E-state index contributed by atoms with van der Waals surface area (Å²) in [5, 5.41) is 0. The number of rotatable bonds is 2. The van der Waals surface area contributed by atoms with Crippen LogP contribution in [0.2, 0.25) is 19.6 Å². The van der Waals surface area contributed by atoms with Crippen molar-refractivity contribution < 1.29 is 13.3 Å². The summed E-state index contributed by atoms with van der Waals surface area (Å²) in [7, 11) is -1.63. The summed E-state index contributed by atoms with van der Waals surface area (Å²) in [6.45, 7) is 6.40. The fraction of sp³-hybridized carbons (Fsp3) is 1.00. The van der Waals surface area contributed by atoms with Crippen LogP contribution in [0.15, 0.2) is 0 Å². The fourth-order valence-electron chi connectivity index (χ4n) is 0.861. The van der Waals surface area contributed by atoms with Gasteiger partial charge in [-0.15, -0.1) is 0 Å². The molecule has 0 unspecified atom stereocenters. The normalized spacial score (nSPS) is 37.2. The predicted octanol–water partition coefficient (Wildman–Crippen LogP) is 2.50. The van der Waals surface area contributed by atoms with E-state index in [0.29, 0.717) is 6.61 Å². The van der Waals surface area contributed by atoms with Gasteiger partial charge in [-0.2, -0.15) is 0 Å². The molecule has 0 bridgehead atoms. The van der Waals surface area contributed by atoms with Crippen LogP contribution in [0.4, 0.5) is 0 Å². The van der Waals surface area contributed by atoms with Crippen LogP contribution in [0, 0.1) is 0 Å². The molecule has 0 aromatic carbocycles. The van der Waals surface area contributed by atoms with Crippen molar-refractivity contribution in [2.45, 2.75) is 32.7 Å². The summed E-state index contributed by atoms with van der Waals surface area (Å²) in [5.74, 6) is 0. The molecule has 0 amide bonds. The van der Waals surface area contributed by atoms with Gasteiger partial charge in [-0.1, -0.05) is 0 Å². The Morgan fingerprint density at radius 1 is 1.50 bits per heavy atom. The molecule has 0 aliphatic carbocycles. The molecule has 0 N–H and O–H groups in total. The highest BCUT2D eigenvalue weighted by molar-refractivity contribution is 8.08. The zero-order chi connectivity index (χ0) is 9.41. The van der Waals surface area contributed by atoms with Gasteiger partial charge in [0.05, 0.1) is 12.7 Å². The lowest BCUT2D eigenvalue weighted by Crippen LogP contribution is -2.23. The molecule has 6 heteroatoms. The van der Waals surface area contributed by atoms with Gasteiger partial charge in [0.2, 0.25) is 0 Å². The average molecular weight is 226 g/mol. The molecule has 0 aromatic heterocycles. The molecule has 2 atom stereocenters. The molecule has 3 nitrogen and oxygen atoms in total. The van der Waals surface area contributed by atoms with E-state index in [0.717, 1.165) is 0 Å². The van der Waals surface area contributed by atoms with Crippen molar-refractivity contribution in [1.29, 1.82) is 0 Å². The van der Waals surface area contributed by atoms with Gasteiger partial charge in [0.15, 0.2) is 8.32 Å². The smallest absolute Gasteiger partial charge is 0.317 e. The molecular weight excluding hydrogens is 211 g/mol. The van der Waals surface area contributed by atoms with E-state index in [9.17, 15) is 0 Å². The van der Waals surface area contributed by atoms with Gasteiger partial charge in [-0.25, -0.2) is 0 Å². The summed E-state index contributed by atoms with van der Waals surface area (Å²) in [6, 6.07) is 0. The van der Waals surface area contributed by atoms with E-state index in [1.807, 2.05) is 6.92 Å². The molecule has 0 saturated carbocycles. The fourth-order valence-corrected chi connectivity index (χ4v) is 7.52. The maximum absolute atomic E-state index is 5.68. The molecule has 1 fully saturated rings. The highest BCUT2D eigenvalue weighted by atomic mass is 32.5. The molecule has 0 radical (unpaired) electrons. The molecule has 1 aliphatic rings. The van der Waals surface area contributed by atoms with Crippen molar-refractivity contribution in [1.82, 2.24) is 0 Å². The Labute approximate surface area is 79.8 Å². The van der Waals surface area contributed by atoms with Crippen molar-refractivity contribution in [2.24, 2.45) is 0 Å². The van der Waals surface area contributed by atoms with E-state index in [1.165, 1.54) is 0 Å². The number of hydrogen-bond acceptors (Lipinski definition) is 4. The Kier molecular flexibility index (Phi) is 3.14. The van der Waals surface area contributed by atoms with E-state index in [-0.39, 0.29) is 6.10 Å². The predicted molar refractivity (Wildman–Crippen MR) is 55.2 cm³/mol. The summed E-state index contributed by atoms with van der Waals surface area (Å²) >= 11 is 5.17. The largest absolute Gasteiger partial charge is 0.351 e. The van der Waals surface area contributed by atoms with Crippen molar-refractivity contribution in [3.8, 4) is 0 Å². The minimum Gasteiger partial charge on any atom is -0.351 e. The molecule has 1 rings (SSSR count). The summed E-state index contributed by atoms with van der Waals surface area (Å²) < 4.78 is 16.5. The second-order valence-electron chi connectivity index (χ2n) is 3.86. The second kappa shape index (κ2) is 3.48. The Hall–Kier alpha value is 0.747. The first-order valence-electron chi connectivity index (χ1n) is 3.94. The van der Waals surface area contributed by atoms with E-state index >= 15 is 0 Å². The second-order valence-corrected chi connectivity index (χ2v) is 11.5. The van der Waals surface area contributed by atoms with Gasteiger partial charge < -0.3 is 13.3 Å². The van der Waals surface area contributed by atoms with E-state index in [1.54, 1.807) is 0 Å². The van der Waals surface area contributed by atoms with Crippen LogP contribution >= 0.6 is 6.72 Å². The Morgan fingerprint density at radius 3 is 2.42 bits per heavy atom. The van der Waals surface area contributed by atoms with Crippen LogP contribution < -0.4 is 0 Å². The Balaban J connectivity index is 2.57. The molecule has 12 heavy (non-hydrogen) atoms. The molecule has 1 saturated heterocycles. The van der Waals surface area contributed by atoms with Crippen LogP contribution in [0.25, 0.3) is 0 Å². The highest BCUT2D eigenvalue weighted by Crippen LogP contribution is 2.56. The minimum atomic E-state index is -2.35. The zero-order valence-corrected chi connectivity index (χ0v) is 10.6. The van der Waals surface area contributed by atoms with Crippen LogP contribution in [-0.2, 0) is 25.1 Å². The van der Waals surface area contributed by atoms with Crippen LogP contribution in [0.3, 0.4) is 0 Å². The molecule has 72 valence electrons. The molecular formula is C6H15O3PSSi. The third kappa shape index (κ3) is 3.24. The summed E-state index contributed by atoms with van der Waals surface area (Å²) in [6.07, 6.45) is 0.0900. The summed E-state index contributed by atoms with van der Waals surface area (Å²) in [4.78, 5) is 0. The molecule has 0 aromatic rings. The van der Waals surface area contributed by atoms with Crippen molar-refractivity contribution in [2.75, 3.05) is 6.61 Å². The van der Waals surface area contributed by atoms with Gasteiger partial charge in [0.1, 0.15) is 0 Å². The van der Waals surface area contributed by atoms with Crippen molar-refractivity contribution in [3.63, 3.8) is 0 Å². The highest BCUT2D eigenvalue weighted by Gasteiger charge is 2.35. The van der Waals surface area contributed by atoms with E-state index in [2.05, 4.69) is 19.6 Å². The minimum absolute atomic E-state index is 0.0900. The quantitative estimate of drug-likeness (QED) is 0.534. The third-order valence-electron chi connectivity index (χ3n) is 1.16. The van der Waals surface area contributed by atoms with Crippen LogP contribution in [0.5, 0.6) is 0 Å². The number of hydrogen-bond donors (Lipinski definition) is 0. The molecule has 1 aliphatic heterocycles. The van der Waals surface area contributed by atoms with E-state index in [4.69, 9.17) is 25.1 Å². The van der Waals surface area contributed by atoms with Gasteiger partial charge in [0, 0.05) is 0 Å².